The van der Waals surface area contributed by atoms with Crippen LogP contribution in [0.3, 0.4) is 0 Å². The number of hydrogen-bond acceptors (Lipinski definition) is 5. The van der Waals surface area contributed by atoms with Crippen molar-refractivity contribution in [3.63, 3.8) is 0 Å². The van der Waals surface area contributed by atoms with Crippen LogP contribution < -0.4 is 9.80 Å². The number of rotatable bonds is 2. The molecule has 3 heterocycles. The van der Waals surface area contributed by atoms with E-state index in [9.17, 15) is 0 Å². The van der Waals surface area contributed by atoms with E-state index in [0.29, 0.717) is 12.0 Å². The van der Waals surface area contributed by atoms with Crippen molar-refractivity contribution in [1.29, 1.82) is 0 Å². The molecule has 2 aromatic carbocycles. The first-order chi connectivity index (χ1) is 12.3. The Kier molecular flexibility index (Phi) is 3.20. The van der Waals surface area contributed by atoms with Crippen LogP contribution in [-0.2, 0) is 12.8 Å². The third kappa shape index (κ3) is 2.27. The van der Waals surface area contributed by atoms with Gasteiger partial charge in [-0.15, -0.1) is 5.10 Å². The van der Waals surface area contributed by atoms with Gasteiger partial charge in [-0.1, -0.05) is 36.4 Å². The first kappa shape index (κ1) is 14.4. The molecule has 0 N–H and O–H groups in total. The Hall–Kier alpha value is -2.95. The molecule has 0 aliphatic carbocycles. The quantitative estimate of drug-likeness (QED) is 0.718. The van der Waals surface area contributed by atoms with Crippen LogP contribution in [0.4, 0.5) is 23.1 Å². The van der Waals surface area contributed by atoms with E-state index in [4.69, 9.17) is 4.98 Å². The van der Waals surface area contributed by atoms with Gasteiger partial charge in [0.15, 0.2) is 5.82 Å². The minimum Gasteiger partial charge on any atom is -0.322 e. The van der Waals surface area contributed by atoms with Crippen molar-refractivity contribution in [2.75, 3.05) is 16.3 Å². The topological polar surface area (TPSA) is 45.2 Å². The Morgan fingerprint density at radius 2 is 1.72 bits per heavy atom. The summed E-state index contributed by atoms with van der Waals surface area (Å²) in [6.45, 7) is 3.13. The Labute approximate surface area is 147 Å². The van der Waals surface area contributed by atoms with Crippen molar-refractivity contribution in [2.45, 2.75) is 25.8 Å². The molecule has 0 spiro atoms. The van der Waals surface area contributed by atoms with Crippen molar-refractivity contribution in [2.24, 2.45) is 0 Å². The third-order valence-corrected chi connectivity index (χ3v) is 5.12. The monoisotopic (exact) mass is 329 g/mol. The summed E-state index contributed by atoms with van der Waals surface area (Å²) in [7, 11) is 0. The van der Waals surface area contributed by atoms with Gasteiger partial charge in [0.1, 0.15) is 0 Å². The molecule has 0 saturated heterocycles. The predicted octanol–water partition coefficient (Wildman–Crippen LogP) is 3.65. The first-order valence-corrected chi connectivity index (χ1v) is 8.73. The molecule has 0 amide bonds. The van der Waals surface area contributed by atoms with Crippen LogP contribution >= 0.6 is 0 Å². The number of anilines is 4. The second kappa shape index (κ2) is 5.55. The van der Waals surface area contributed by atoms with Crippen LogP contribution in [0, 0.1) is 0 Å². The van der Waals surface area contributed by atoms with Gasteiger partial charge in [0.25, 0.3) is 5.95 Å². The average Bonchev–Trinajstić information content (AvgIpc) is 3.22. The molecule has 5 heteroatoms. The fourth-order valence-corrected chi connectivity index (χ4v) is 3.98. The Bertz CT molecular complexity index is 939. The number of hydrogen-bond donors (Lipinski definition) is 0. The first-order valence-electron chi connectivity index (χ1n) is 8.73. The van der Waals surface area contributed by atoms with Gasteiger partial charge in [0, 0.05) is 24.0 Å². The molecular weight excluding hydrogens is 310 g/mol. The van der Waals surface area contributed by atoms with Crippen LogP contribution in [0.25, 0.3) is 0 Å². The van der Waals surface area contributed by atoms with E-state index in [1.807, 2.05) is 0 Å². The van der Waals surface area contributed by atoms with Crippen LogP contribution in [0.5, 0.6) is 0 Å². The highest BCUT2D eigenvalue weighted by atomic mass is 15.4. The summed E-state index contributed by atoms with van der Waals surface area (Å²) in [4.78, 5) is 9.30. The van der Waals surface area contributed by atoms with Gasteiger partial charge in [-0.3, -0.25) is 0 Å². The van der Waals surface area contributed by atoms with Crippen LogP contribution in [0.2, 0.25) is 0 Å². The summed E-state index contributed by atoms with van der Waals surface area (Å²) in [5.41, 5.74) is 5.12. The van der Waals surface area contributed by atoms with Crippen LogP contribution in [0.1, 0.15) is 18.1 Å². The molecule has 3 aromatic rings. The molecule has 1 aromatic heterocycles. The molecule has 0 radical (unpaired) electrons. The maximum atomic E-state index is 4.86. The second-order valence-electron chi connectivity index (χ2n) is 6.70. The lowest BCUT2D eigenvalue weighted by Gasteiger charge is -2.25. The number of benzene rings is 2. The highest BCUT2D eigenvalue weighted by Crippen LogP contribution is 2.38. The zero-order valence-corrected chi connectivity index (χ0v) is 14.1. The normalized spacial score (nSPS) is 18.4. The van der Waals surface area contributed by atoms with Gasteiger partial charge in [-0.25, -0.2) is 0 Å². The molecule has 0 saturated carbocycles. The van der Waals surface area contributed by atoms with Crippen LogP contribution in [0.15, 0.2) is 54.7 Å². The average molecular weight is 329 g/mol. The highest BCUT2D eigenvalue weighted by Gasteiger charge is 2.29. The SMILES string of the molecule is CC1Cc2ccccc2N1c1cnnc(N2CCc3ccccc32)n1. The zero-order chi connectivity index (χ0) is 16.8. The maximum Gasteiger partial charge on any atom is 0.251 e. The van der Waals surface area contributed by atoms with Crippen molar-refractivity contribution in [1.82, 2.24) is 15.2 Å². The van der Waals surface area contributed by atoms with E-state index >= 15 is 0 Å². The summed E-state index contributed by atoms with van der Waals surface area (Å²) in [5.74, 6) is 1.55. The Morgan fingerprint density at radius 3 is 2.60 bits per heavy atom. The van der Waals surface area contributed by atoms with E-state index in [2.05, 4.69) is 75.5 Å². The smallest absolute Gasteiger partial charge is 0.251 e. The van der Waals surface area contributed by atoms with E-state index in [1.165, 1.54) is 22.5 Å². The predicted molar refractivity (Wildman–Crippen MR) is 98.7 cm³/mol. The molecule has 0 bridgehead atoms. The lowest BCUT2D eigenvalue weighted by atomic mass is 10.1. The van der Waals surface area contributed by atoms with E-state index in [0.717, 1.165) is 25.2 Å². The molecule has 1 unspecified atom stereocenters. The molecule has 2 aliphatic rings. The van der Waals surface area contributed by atoms with E-state index in [1.54, 1.807) is 6.20 Å². The molecule has 0 fully saturated rings. The fourth-order valence-electron chi connectivity index (χ4n) is 3.98. The number of para-hydroxylation sites is 2. The zero-order valence-electron chi connectivity index (χ0n) is 14.1. The van der Waals surface area contributed by atoms with Crippen molar-refractivity contribution in [3.05, 3.63) is 65.9 Å². The molecule has 5 nitrogen and oxygen atoms in total. The van der Waals surface area contributed by atoms with Gasteiger partial charge in [0.05, 0.1) is 6.20 Å². The lowest BCUT2D eigenvalue weighted by Crippen LogP contribution is -2.26. The van der Waals surface area contributed by atoms with Gasteiger partial charge in [-0.2, -0.15) is 10.1 Å². The fraction of sp³-hybridized carbons (Fsp3) is 0.250. The maximum absolute atomic E-state index is 4.86. The molecule has 25 heavy (non-hydrogen) atoms. The van der Waals surface area contributed by atoms with Crippen molar-refractivity contribution >= 4 is 23.1 Å². The minimum atomic E-state index is 0.368. The highest BCUT2D eigenvalue weighted by molar-refractivity contribution is 5.70. The Balaban J connectivity index is 1.55. The summed E-state index contributed by atoms with van der Waals surface area (Å²) in [5, 5.41) is 8.57. The van der Waals surface area contributed by atoms with Crippen molar-refractivity contribution in [3.8, 4) is 0 Å². The molecule has 5 rings (SSSR count). The minimum absolute atomic E-state index is 0.368. The summed E-state index contributed by atoms with van der Waals surface area (Å²) < 4.78 is 0. The molecular formula is C20H19N5. The summed E-state index contributed by atoms with van der Waals surface area (Å²) >= 11 is 0. The number of fused-ring (bicyclic) bond motifs is 2. The molecule has 2 aliphatic heterocycles. The third-order valence-electron chi connectivity index (χ3n) is 5.12. The van der Waals surface area contributed by atoms with E-state index < -0.39 is 0 Å². The van der Waals surface area contributed by atoms with Crippen molar-refractivity contribution < 1.29 is 0 Å². The van der Waals surface area contributed by atoms with Gasteiger partial charge in [0.2, 0.25) is 0 Å². The van der Waals surface area contributed by atoms with E-state index in [-0.39, 0.29) is 0 Å². The summed E-state index contributed by atoms with van der Waals surface area (Å²) in [6.07, 6.45) is 3.82. The van der Waals surface area contributed by atoms with Crippen LogP contribution in [-0.4, -0.2) is 27.8 Å². The standard InChI is InChI=1S/C20H19N5/c1-14-12-16-7-3-5-9-18(16)25(14)19-13-21-23-20(22-19)24-11-10-15-6-2-4-8-17(15)24/h2-9,13-14H,10-12H2,1H3. The largest absolute Gasteiger partial charge is 0.322 e. The van der Waals surface area contributed by atoms with Gasteiger partial charge >= 0.3 is 0 Å². The lowest BCUT2D eigenvalue weighted by molar-refractivity contribution is 0.741. The van der Waals surface area contributed by atoms with Gasteiger partial charge in [-0.05, 0) is 43.0 Å². The molecule has 1 atom stereocenters. The summed E-state index contributed by atoms with van der Waals surface area (Å²) in [6, 6.07) is 17.3. The second-order valence-corrected chi connectivity index (χ2v) is 6.70. The van der Waals surface area contributed by atoms with Gasteiger partial charge < -0.3 is 9.80 Å². The molecule has 124 valence electrons. The Morgan fingerprint density at radius 1 is 0.960 bits per heavy atom. The number of aromatic nitrogens is 3. The number of nitrogens with zero attached hydrogens (tertiary/aromatic N) is 5.